The van der Waals surface area contributed by atoms with E-state index in [9.17, 15) is 0 Å². The van der Waals surface area contributed by atoms with Crippen molar-refractivity contribution in [1.29, 1.82) is 0 Å². The fraction of sp³-hybridized carbons (Fsp3) is 1.00. The summed E-state index contributed by atoms with van der Waals surface area (Å²) in [5.74, 6) is 0. The molecule has 0 aliphatic rings. The van der Waals surface area contributed by atoms with E-state index >= 15 is 0 Å². The van der Waals surface area contributed by atoms with Gasteiger partial charge in [-0.25, -0.2) is 0 Å². The number of nitrogens with zero attached hydrogens (tertiary/aromatic N) is 2. The molecule has 0 saturated heterocycles. The van der Waals surface area contributed by atoms with E-state index in [0.29, 0.717) is 0 Å². The fourth-order valence-corrected chi connectivity index (χ4v) is 2.04. The van der Waals surface area contributed by atoms with Crippen molar-refractivity contribution in [2.24, 2.45) is 0 Å². The molecule has 0 saturated carbocycles. The van der Waals surface area contributed by atoms with Crippen LogP contribution >= 0.6 is 0 Å². The highest BCUT2D eigenvalue weighted by Crippen LogP contribution is 1.97. The molecule has 0 heterocycles. The second-order valence-corrected chi connectivity index (χ2v) is 5.23. The van der Waals surface area contributed by atoms with Crippen molar-refractivity contribution < 1.29 is 2.85 Å². The zero-order valence-corrected chi connectivity index (χ0v) is 13.0. The average molecular weight is 262 g/mol. The molecule has 0 aromatic heterocycles. The summed E-state index contributed by atoms with van der Waals surface area (Å²) in [6, 6.07) is 0. The highest BCUT2D eigenvalue weighted by Gasteiger charge is 2.00. The highest BCUT2D eigenvalue weighted by molar-refractivity contribution is 4.57. The van der Waals surface area contributed by atoms with Crippen LogP contribution in [0.25, 0.3) is 0 Å². The Morgan fingerprint density at radius 1 is 0.667 bits per heavy atom. The van der Waals surface area contributed by atoms with Crippen molar-refractivity contribution in [3.05, 3.63) is 0 Å². The summed E-state index contributed by atoms with van der Waals surface area (Å²) in [6.45, 7) is 7.12. The lowest BCUT2D eigenvalue weighted by Crippen LogP contribution is -2.26. The minimum Gasteiger partial charge on any atom is -0.320 e. The van der Waals surface area contributed by atoms with Crippen molar-refractivity contribution >= 4 is 0 Å². The Balaban J connectivity index is -0.00000144. The number of unbranched alkanes of at least 4 members (excludes halogenated alkanes) is 1. The van der Waals surface area contributed by atoms with Crippen molar-refractivity contribution in [1.82, 2.24) is 20.4 Å². The Bertz CT molecular complexity index is 155. The quantitative estimate of drug-likeness (QED) is 0.491. The Kier molecular flexibility index (Phi) is 13.2. The summed E-state index contributed by atoms with van der Waals surface area (Å²) in [6.07, 6.45) is 5.12. The molecule has 2 N–H and O–H groups in total. The summed E-state index contributed by atoms with van der Waals surface area (Å²) in [7, 11) is 8.49. The molecule has 0 rings (SSSR count). The lowest BCUT2D eigenvalue weighted by atomic mass is 10.2. The average Bonchev–Trinajstić information content (AvgIpc) is 2.35. The van der Waals surface area contributed by atoms with Gasteiger partial charge in [-0.3, -0.25) is 0 Å². The molecule has 0 spiro atoms. The molecule has 0 aromatic rings. The largest absolute Gasteiger partial charge is 0.320 e. The van der Waals surface area contributed by atoms with Crippen molar-refractivity contribution in [3.8, 4) is 0 Å². The first-order valence-electron chi connectivity index (χ1n) is 7.37. The van der Waals surface area contributed by atoms with Crippen LogP contribution in [0.15, 0.2) is 0 Å². The zero-order valence-electron chi connectivity index (χ0n) is 13.0. The molecule has 0 bridgehead atoms. The van der Waals surface area contributed by atoms with Crippen molar-refractivity contribution in [2.45, 2.75) is 25.7 Å². The summed E-state index contributed by atoms with van der Waals surface area (Å²) >= 11 is 0. The van der Waals surface area contributed by atoms with Gasteiger partial charge in [0.1, 0.15) is 0 Å². The minimum atomic E-state index is 0. The van der Waals surface area contributed by atoms with Gasteiger partial charge >= 0.3 is 0 Å². The Morgan fingerprint density at radius 2 is 1.00 bits per heavy atom. The summed E-state index contributed by atoms with van der Waals surface area (Å²) < 4.78 is 0. The molecular weight excluding hydrogens is 224 g/mol. The third kappa shape index (κ3) is 12.3. The van der Waals surface area contributed by atoms with E-state index in [0.717, 1.165) is 13.1 Å². The SMILES string of the molecule is CNCCCN(C)CCCCN(C)CCCNC.[HH].[HH]. The van der Waals surface area contributed by atoms with Gasteiger partial charge < -0.3 is 20.4 Å². The van der Waals surface area contributed by atoms with E-state index in [1.165, 1.54) is 51.9 Å². The topological polar surface area (TPSA) is 30.5 Å². The summed E-state index contributed by atoms with van der Waals surface area (Å²) in [5, 5.41) is 6.38. The Hall–Kier alpha value is -0.160. The van der Waals surface area contributed by atoms with Crippen LogP contribution in [-0.2, 0) is 0 Å². The number of rotatable bonds is 13. The monoisotopic (exact) mass is 262 g/mol. The van der Waals surface area contributed by atoms with Crippen LogP contribution in [0.1, 0.15) is 28.5 Å². The molecule has 0 atom stereocenters. The van der Waals surface area contributed by atoms with Gasteiger partial charge in [0, 0.05) is 2.85 Å². The second-order valence-electron chi connectivity index (χ2n) is 5.23. The van der Waals surface area contributed by atoms with Gasteiger partial charge in [-0.15, -0.1) is 0 Å². The smallest absolute Gasteiger partial charge is 0 e. The van der Waals surface area contributed by atoms with E-state index < -0.39 is 0 Å². The van der Waals surface area contributed by atoms with Gasteiger partial charge in [-0.2, -0.15) is 0 Å². The highest BCUT2D eigenvalue weighted by atomic mass is 15.1. The van der Waals surface area contributed by atoms with Gasteiger partial charge in [0.15, 0.2) is 0 Å². The third-order valence-corrected chi connectivity index (χ3v) is 3.26. The van der Waals surface area contributed by atoms with Crippen molar-refractivity contribution in [3.63, 3.8) is 0 Å². The lowest BCUT2D eigenvalue weighted by molar-refractivity contribution is 0.289. The first-order chi connectivity index (χ1) is 8.70. The Labute approximate surface area is 117 Å². The third-order valence-electron chi connectivity index (χ3n) is 3.26. The minimum absolute atomic E-state index is 0. The lowest BCUT2D eigenvalue weighted by Gasteiger charge is -2.19. The maximum Gasteiger partial charge on any atom is 0 e. The van der Waals surface area contributed by atoms with Crippen LogP contribution in [0, 0.1) is 0 Å². The molecule has 18 heavy (non-hydrogen) atoms. The molecule has 0 aliphatic heterocycles. The van der Waals surface area contributed by atoms with Crippen LogP contribution in [0.3, 0.4) is 0 Å². The maximum atomic E-state index is 3.19. The maximum absolute atomic E-state index is 3.19. The van der Waals surface area contributed by atoms with Gasteiger partial charge in [-0.1, -0.05) is 0 Å². The second kappa shape index (κ2) is 13.3. The van der Waals surface area contributed by atoms with Gasteiger partial charge in [-0.05, 0) is 93.1 Å². The normalized spacial score (nSPS) is 11.7. The molecule has 114 valence electrons. The van der Waals surface area contributed by atoms with E-state index in [1.807, 2.05) is 14.1 Å². The van der Waals surface area contributed by atoms with Gasteiger partial charge in [0.25, 0.3) is 0 Å². The molecule has 4 heteroatoms. The van der Waals surface area contributed by atoms with Gasteiger partial charge in [0.2, 0.25) is 0 Å². The Morgan fingerprint density at radius 3 is 1.33 bits per heavy atom. The predicted molar refractivity (Wildman–Crippen MR) is 85.5 cm³/mol. The molecule has 0 unspecified atom stereocenters. The van der Waals surface area contributed by atoms with Crippen molar-refractivity contribution in [2.75, 3.05) is 67.5 Å². The van der Waals surface area contributed by atoms with Crippen LogP contribution in [0.2, 0.25) is 0 Å². The molecule has 0 radical (unpaired) electrons. The molecule has 0 aliphatic carbocycles. The molecule has 4 nitrogen and oxygen atoms in total. The number of hydrogen-bond donors (Lipinski definition) is 2. The standard InChI is InChI=1S/C14H34N4.2H2/c1-15-9-7-13-17(3)11-5-6-12-18(4)14-8-10-16-2;;/h15-16H,5-14H2,1-4H3;2*1H. The number of nitrogens with one attached hydrogen (secondary N) is 2. The van der Waals surface area contributed by atoms with Crippen LogP contribution in [0.5, 0.6) is 0 Å². The van der Waals surface area contributed by atoms with Crippen LogP contribution in [0.4, 0.5) is 0 Å². The summed E-state index contributed by atoms with van der Waals surface area (Å²) in [4.78, 5) is 4.89. The molecule has 0 amide bonds. The molecule has 0 fully saturated rings. The van der Waals surface area contributed by atoms with E-state index in [2.05, 4.69) is 34.5 Å². The van der Waals surface area contributed by atoms with E-state index in [4.69, 9.17) is 0 Å². The zero-order chi connectivity index (χ0) is 13.6. The van der Waals surface area contributed by atoms with Crippen LogP contribution in [-0.4, -0.2) is 77.3 Å². The first kappa shape index (κ1) is 17.8. The number of hydrogen-bond acceptors (Lipinski definition) is 4. The summed E-state index contributed by atoms with van der Waals surface area (Å²) in [5.41, 5.74) is 0. The predicted octanol–water partition coefficient (Wildman–Crippen LogP) is 1.34. The van der Waals surface area contributed by atoms with E-state index in [-0.39, 0.29) is 2.85 Å². The fourth-order valence-electron chi connectivity index (χ4n) is 2.04. The van der Waals surface area contributed by atoms with Gasteiger partial charge in [0.05, 0.1) is 0 Å². The van der Waals surface area contributed by atoms with Crippen LogP contribution < -0.4 is 10.6 Å². The van der Waals surface area contributed by atoms with E-state index in [1.54, 1.807) is 0 Å². The molecule has 0 aromatic carbocycles. The molecular formula is C14H38N4. The first-order valence-corrected chi connectivity index (χ1v) is 7.37.